The molecule has 0 aromatic heterocycles. The lowest BCUT2D eigenvalue weighted by atomic mass is 10.9. The summed E-state index contributed by atoms with van der Waals surface area (Å²) in [5.41, 5.74) is 0. The van der Waals surface area contributed by atoms with Crippen molar-refractivity contribution in [1.82, 2.24) is 0 Å². The molecule has 1 N–H and O–H groups in total. The summed E-state index contributed by atoms with van der Waals surface area (Å²) >= 11 is 12.4. The van der Waals surface area contributed by atoms with E-state index >= 15 is 0 Å². The lowest BCUT2D eigenvalue weighted by Crippen LogP contribution is -2.05. The number of rotatable bonds is 6. The maximum Gasteiger partial charge on any atom is 0.472 e. The first-order chi connectivity index (χ1) is 5.83. The van der Waals surface area contributed by atoms with Crippen molar-refractivity contribution >= 4 is 71.5 Å². The Hall–Kier alpha value is 2.03. The molecule has 0 radical (unpaired) electrons. The average Bonchev–Trinajstić information content (AvgIpc) is 1.98. The highest BCUT2D eigenvalue weighted by Crippen LogP contribution is 2.44. The number of hydrogen-bond acceptors (Lipinski definition) is 3. The van der Waals surface area contributed by atoms with Gasteiger partial charge < -0.3 is 4.89 Å². The summed E-state index contributed by atoms with van der Waals surface area (Å²) < 4.78 is 19.9. The van der Waals surface area contributed by atoms with Crippen LogP contribution in [-0.4, -0.2) is 25.6 Å². The quantitative estimate of drug-likeness (QED) is 0.479. The molecule has 9 heteroatoms. The first-order valence-corrected chi connectivity index (χ1v) is 8.17. The Morgan fingerprint density at radius 3 is 1.62 bits per heavy atom. The summed E-state index contributed by atoms with van der Waals surface area (Å²) in [5.74, 6) is 0. The molecule has 0 aliphatic rings. The highest BCUT2D eigenvalue weighted by molar-refractivity contribution is 9.25. The zero-order valence-electron chi connectivity index (χ0n) is 6.20. The van der Waals surface area contributed by atoms with Crippen LogP contribution in [0.2, 0.25) is 0 Å². The van der Waals surface area contributed by atoms with Crippen LogP contribution in [0.3, 0.4) is 0 Å². The van der Waals surface area contributed by atoms with Crippen LogP contribution in [0.25, 0.3) is 0 Å². The smallest absolute Gasteiger partial charge is 0.302 e. The Morgan fingerprint density at radius 1 is 1.08 bits per heavy atom. The van der Waals surface area contributed by atoms with E-state index in [0.29, 0.717) is 0 Å². The summed E-state index contributed by atoms with van der Waals surface area (Å²) in [6.45, 7) is 0.0893. The summed E-state index contributed by atoms with van der Waals surface area (Å²) in [6, 6.07) is 0. The summed E-state index contributed by atoms with van der Waals surface area (Å²) in [6.07, 6.45) is 0. The van der Waals surface area contributed by atoms with Gasteiger partial charge in [-0.1, -0.05) is 63.7 Å². The summed E-state index contributed by atoms with van der Waals surface area (Å²) in [5, 5.41) is 0. The van der Waals surface area contributed by atoms with Crippen molar-refractivity contribution in [2.75, 3.05) is 13.2 Å². The number of alkyl halides is 4. The van der Waals surface area contributed by atoms with Crippen molar-refractivity contribution in [3.8, 4) is 0 Å². The van der Waals surface area contributed by atoms with E-state index < -0.39 is 7.82 Å². The molecule has 0 aliphatic heterocycles. The molecule has 80 valence electrons. The second-order valence-corrected chi connectivity index (χ2v) is 10.2. The van der Waals surface area contributed by atoms with E-state index in [9.17, 15) is 4.57 Å². The van der Waals surface area contributed by atoms with Crippen LogP contribution in [0.1, 0.15) is 0 Å². The molecule has 4 nitrogen and oxygen atoms in total. The first kappa shape index (κ1) is 15.0. The van der Waals surface area contributed by atoms with E-state index in [1.807, 2.05) is 0 Å². The van der Waals surface area contributed by atoms with Crippen molar-refractivity contribution in [3.63, 3.8) is 0 Å². The minimum Gasteiger partial charge on any atom is -0.302 e. The van der Waals surface area contributed by atoms with E-state index in [1.165, 1.54) is 0 Å². The number of phosphoric ester groups is 1. The molecule has 0 aromatic rings. The Kier molecular flexibility index (Phi) is 8.47. The van der Waals surface area contributed by atoms with E-state index in [0.717, 1.165) is 0 Å². The third-order valence-electron chi connectivity index (χ3n) is 0.727. The third kappa shape index (κ3) is 10.3. The van der Waals surface area contributed by atoms with Crippen molar-refractivity contribution < 1.29 is 18.5 Å². The van der Waals surface area contributed by atoms with Crippen LogP contribution in [0.4, 0.5) is 0 Å². The molecular formula is C4H7Br4O4P. The van der Waals surface area contributed by atoms with Gasteiger partial charge in [-0.3, -0.25) is 9.05 Å². The Labute approximate surface area is 110 Å². The maximum absolute atomic E-state index is 11.1. The van der Waals surface area contributed by atoms with Gasteiger partial charge in [0.05, 0.1) is 20.7 Å². The van der Waals surface area contributed by atoms with Gasteiger partial charge in [0.1, 0.15) is 0 Å². The molecule has 0 fully saturated rings. The Bertz CT molecular complexity index is 171. The van der Waals surface area contributed by atoms with Crippen LogP contribution in [0.5, 0.6) is 0 Å². The molecular weight excluding hydrogens is 463 g/mol. The number of hydrogen-bond donors (Lipinski definition) is 1. The van der Waals surface area contributed by atoms with Crippen LogP contribution in [-0.2, 0) is 13.6 Å². The van der Waals surface area contributed by atoms with Gasteiger partial charge in [-0.05, 0) is 0 Å². The van der Waals surface area contributed by atoms with Gasteiger partial charge in [0, 0.05) is 0 Å². The standard InChI is InChI=1S/C4H7Br4O4P/c5-3(6)1-11-13(9,10)12-2-4(7)8/h3-4H,1-2H2,(H,9,10). The van der Waals surface area contributed by atoms with Gasteiger partial charge in [-0.2, -0.15) is 0 Å². The van der Waals surface area contributed by atoms with Crippen LogP contribution in [0.15, 0.2) is 0 Å². The molecule has 0 atom stereocenters. The minimum atomic E-state index is -3.92. The van der Waals surface area contributed by atoms with Crippen molar-refractivity contribution in [1.29, 1.82) is 0 Å². The topological polar surface area (TPSA) is 55.8 Å². The molecule has 0 rings (SSSR count). The zero-order chi connectivity index (χ0) is 10.5. The molecule has 0 saturated carbocycles. The van der Waals surface area contributed by atoms with E-state index in [1.54, 1.807) is 0 Å². The SMILES string of the molecule is O=P(O)(OCC(Br)Br)OCC(Br)Br. The van der Waals surface area contributed by atoms with Gasteiger partial charge in [0.15, 0.2) is 0 Å². The highest BCUT2D eigenvalue weighted by atomic mass is 79.9. The fraction of sp³-hybridized carbons (Fsp3) is 1.00. The second kappa shape index (κ2) is 7.33. The second-order valence-electron chi connectivity index (χ2n) is 1.84. The summed E-state index contributed by atoms with van der Waals surface area (Å²) in [4.78, 5) is 9.04. The molecule has 0 spiro atoms. The normalized spacial score (nSPS) is 12.8. The largest absolute Gasteiger partial charge is 0.472 e. The van der Waals surface area contributed by atoms with Crippen LogP contribution in [0, 0.1) is 0 Å². The van der Waals surface area contributed by atoms with Crippen molar-refractivity contribution in [3.05, 3.63) is 0 Å². The lowest BCUT2D eigenvalue weighted by Gasteiger charge is -2.12. The number of halogens is 4. The Morgan fingerprint density at radius 2 is 1.38 bits per heavy atom. The molecule has 0 aromatic carbocycles. The Balaban J connectivity index is 3.74. The van der Waals surface area contributed by atoms with Gasteiger partial charge in [0.2, 0.25) is 0 Å². The van der Waals surface area contributed by atoms with Crippen molar-refractivity contribution in [2.45, 2.75) is 7.47 Å². The molecule has 0 bridgehead atoms. The fourth-order valence-electron chi connectivity index (χ4n) is 0.338. The molecule has 0 heterocycles. The first-order valence-electron chi connectivity index (χ1n) is 3.01. The molecule has 0 amide bonds. The third-order valence-corrected chi connectivity index (χ3v) is 2.74. The number of phosphoric acid groups is 1. The van der Waals surface area contributed by atoms with Gasteiger partial charge in [-0.15, -0.1) is 0 Å². The average molecular weight is 470 g/mol. The zero-order valence-corrected chi connectivity index (χ0v) is 13.4. The lowest BCUT2D eigenvalue weighted by molar-refractivity contribution is 0.161. The minimum absolute atomic E-state index is 0.0447. The predicted octanol–water partition coefficient (Wildman–Crippen LogP) is 3.35. The predicted molar refractivity (Wildman–Crippen MR) is 65.0 cm³/mol. The van der Waals surface area contributed by atoms with E-state index in [2.05, 4.69) is 72.8 Å². The van der Waals surface area contributed by atoms with Gasteiger partial charge in [0.25, 0.3) is 0 Å². The van der Waals surface area contributed by atoms with Crippen LogP contribution < -0.4 is 0 Å². The summed E-state index contributed by atoms with van der Waals surface area (Å²) in [7, 11) is -3.92. The molecule has 0 aliphatic carbocycles. The van der Waals surface area contributed by atoms with Gasteiger partial charge in [-0.25, -0.2) is 4.57 Å². The fourth-order valence-corrected chi connectivity index (χ4v) is 2.43. The molecule has 0 saturated heterocycles. The van der Waals surface area contributed by atoms with E-state index in [4.69, 9.17) is 4.89 Å². The molecule has 13 heavy (non-hydrogen) atoms. The van der Waals surface area contributed by atoms with Crippen molar-refractivity contribution in [2.24, 2.45) is 0 Å². The maximum atomic E-state index is 11.1. The van der Waals surface area contributed by atoms with Crippen LogP contribution >= 0.6 is 71.5 Å². The monoisotopic (exact) mass is 466 g/mol. The van der Waals surface area contributed by atoms with Gasteiger partial charge >= 0.3 is 7.82 Å². The molecule has 0 unspecified atom stereocenters. The highest BCUT2D eigenvalue weighted by Gasteiger charge is 2.22. The van der Waals surface area contributed by atoms with E-state index in [-0.39, 0.29) is 20.7 Å².